The van der Waals surface area contributed by atoms with E-state index in [9.17, 15) is 9.90 Å². The van der Waals surface area contributed by atoms with E-state index in [-0.39, 0.29) is 5.75 Å². The quantitative estimate of drug-likeness (QED) is 0.349. The number of phenolic OH excluding ortho intramolecular Hbond substituents is 1. The number of ether oxygens (including phenoxy) is 1. The van der Waals surface area contributed by atoms with Crippen LogP contribution in [0.4, 0.5) is 11.6 Å². The molecule has 10 nitrogen and oxygen atoms in total. The zero-order chi connectivity index (χ0) is 25.4. The number of rotatable bonds is 8. The second kappa shape index (κ2) is 9.44. The van der Waals surface area contributed by atoms with Crippen molar-refractivity contribution in [1.29, 1.82) is 0 Å². The van der Waals surface area contributed by atoms with Crippen LogP contribution in [0.2, 0.25) is 0 Å². The Morgan fingerprint density at radius 1 is 1.14 bits per heavy atom. The minimum absolute atomic E-state index is 0.218. The first kappa shape index (κ1) is 23.5. The summed E-state index contributed by atoms with van der Waals surface area (Å²) in [7, 11) is 0. The minimum Gasteiger partial charge on any atom is -0.508 e. The van der Waals surface area contributed by atoms with Crippen molar-refractivity contribution < 1.29 is 14.6 Å². The number of carbonyl (C=O) groups is 1. The SMILES string of the molecule is CCOC(=O)c1c(C)nn(-c2cc(Nc3c(C)c(-c4ccc(O)cc4)nn3CC3CC3)ncn2)c1C. The van der Waals surface area contributed by atoms with Gasteiger partial charge < -0.3 is 15.2 Å². The van der Waals surface area contributed by atoms with Crippen LogP contribution in [-0.2, 0) is 11.3 Å². The van der Waals surface area contributed by atoms with Gasteiger partial charge in [-0.1, -0.05) is 0 Å². The van der Waals surface area contributed by atoms with E-state index in [0.717, 1.165) is 29.2 Å². The Morgan fingerprint density at radius 2 is 1.89 bits per heavy atom. The van der Waals surface area contributed by atoms with Gasteiger partial charge in [0.15, 0.2) is 5.82 Å². The van der Waals surface area contributed by atoms with Gasteiger partial charge in [0.25, 0.3) is 0 Å². The first-order valence-corrected chi connectivity index (χ1v) is 12.0. The normalized spacial score (nSPS) is 13.1. The Kier molecular flexibility index (Phi) is 6.17. The average molecular weight is 488 g/mol. The van der Waals surface area contributed by atoms with Gasteiger partial charge in [0.2, 0.25) is 0 Å². The van der Waals surface area contributed by atoms with Crippen molar-refractivity contribution in [3.8, 4) is 22.8 Å². The van der Waals surface area contributed by atoms with Crippen molar-refractivity contribution in [1.82, 2.24) is 29.5 Å². The van der Waals surface area contributed by atoms with E-state index in [2.05, 4.69) is 20.4 Å². The number of hydrogen-bond donors (Lipinski definition) is 2. The number of carbonyl (C=O) groups excluding carboxylic acids is 1. The van der Waals surface area contributed by atoms with Gasteiger partial charge in [-0.25, -0.2) is 24.1 Å². The Morgan fingerprint density at radius 3 is 2.58 bits per heavy atom. The van der Waals surface area contributed by atoms with E-state index >= 15 is 0 Å². The van der Waals surface area contributed by atoms with Gasteiger partial charge in [0.05, 0.1) is 23.7 Å². The highest BCUT2D eigenvalue weighted by Crippen LogP contribution is 2.36. The molecule has 1 aliphatic rings. The maximum Gasteiger partial charge on any atom is 0.341 e. The molecule has 10 heteroatoms. The maximum absolute atomic E-state index is 12.4. The predicted octanol–water partition coefficient (Wildman–Crippen LogP) is 4.49. The number of benzene rings is 1. The summed E-state index contributed by atoms with van der Waals surface area (Å²) in [5, 5.41) is 22.5. The van der Waals surface area contributed by atoms with Crippen molar-refractivity contribution in [3.05, 3.63) is 59.2 Å². The zero-order valence-corrected chi connectivity index (χ0v) is 20.8. The Balaban J connectivity index is 1.49. The molecule has 3 aromatic heterocycles. The van der Waals surface area contributed by atoms with Gasteiger partial charge in [-0.15, -0.1) is 0 Å². The van der Waals surface area contributed by atoms with E-state index in [4.69, 9.17) is 9.84 Å². The fraction of sp³-hybridized carbons (Fsp3) is 0.346. The van der Waals surface area contributed by atoms with Gasteiger partial charge in [-0.3, -0.25) is 0 Å². The molecule has 0 bridgehead atoms. The fourth-order valence-corrected chi connectivity index (χ4v) is 4.30. The standard InChI is InChI=1S/C26H29N7O3/c1-5-36-26(35)23-16(3)30-33(17(23)4)22-12-21(27-14-28-22)29-25-15(2)24(19-8-10-20(34)11-9-19)31-32(25)13-18-6-7-18/h8-12,14,18,34H,5-7,13H2,1-4H3,(H,27,28,29). The molecule has 3 heterocycles. The van der Waals surface area contributed by atoms with Crippen LogP contribution in [0.3, 0.4) is 0 Å². The van der Waals surface area contributed by atoms with Crippen LogP contribution < -0.4 is 5.32 Å². The lowest BCUT2D eigenvalue weighted by Crippen LogP contribution is -2.10. The summed E-state index contributed by atoms with van der Waals surface area (Å²) in [5.41, 5.74) is 4.45. The van der Waals surface area contributed by atoms with Crippen LogP contribution >= 0.6 is 0 Å². The molecule has 36 heavy (non-hydrogen) atoms. The highest BCUT2D eigenvalue weighted by Gasteiger charge is 2.26. The molecule has 0 unspecified atom stereocenters. The average Bonchev–Trinajstić information content (AvgIpc) is 3.56. The molecule has 0 amide bonds. The molecule has 1 aromatic carbocycles. The van der Waals surface area contributed by atoms with Gasteiger partial charge in [-0.05, 0) is 70.7 Å². The van der Waals surface area contributed by atoms with Gasteiger partial charge >= 0.3 is 5.97 Å². The minimum atomic E-state index is -0.396. The second-order valence-electron chi connectivity index (χ2n) is 9.06. The van der Waals surface area contributed by atoms with E-state index in [1.807, 2.05) is 30.7 Å². The van der Waals surface area contributed by atoms with Gasteiger partial charge in [0.1, 0.15) is 29.3 Å². The molecule has 0 atom stereocenters. The molecule has 1 fully saturated rings. The monoisotopic (exact) mass is 487 g/mol. The molecule has 4 aromatic rings. The molecule has 0 aliphatic heterocycles. The number of nitrogens with one attached hydrogen (secondary N) is 1. The zero-order valence-electron chi connectivity index (χ0n) is 20.8. The molecule has 0 spiro atoms. The van der Waals surface area contributed by atoms with Crippen molar-refractivity contribution in [2.45, 2.75) is 47.1 Å². The summed E-state index contributed by atoms with van der Waals surface area (Å²) >= 11 is 0. The summed E-state index contributed by atoms with van der Waals surface area (Å²) in [4.78, 5) is 21.2. The number of esters is 1. The van der Waals surface area contributed by atoms with E-state index in [1.54, 1.807) is 36.7 Å². The van der Waals surface area contributed by atoms with Crippen LogP contribution in [0.5, 0.6) is 5.75 Å². The predicted molar refractivity (Wildman–Crippen MR) is 135 cm³/mol. The Bertz CT molecular complexity index is 1420. The fourth-order valence-electron chi connectivity index (χ4n) is 4.30. The third-order valence-electron chi connectivity index (χ3n) is 6.35. The number of aromatic nitrogens is 6. The number of phenols is 1. The number of anilines is 2. The molecule has 1 aliphatic carbocycles. The lowest BCUT2D eigenvalue weighted by atomic mass is 10.1. The summed E-state index contributed by atoms with van der Waals surface area (Å²) in [5.74, 6) is 2.42. The van der Waals surface area contributed by atoms with Crippen LogP contribution in [0.25, 0.3) is 17.1 Å². The summed E-state index contributed by atoms with van der Waals surface area (Å²) in [6, 6.07) is 8.85. The number of nitrogens with zero attached hydrogens (tertiary/aromatic N) is 6. The van der Waals surface area contributed by atoms with Gasteiger partial charge in [0, 0.05) is 23.7 Å². The smallest absolute Gasteiger partial charge is 0.341 e. The second-order valence-corrected chi connectivity index (χ2v) is 9.06. The molecule has 0 radical (unpaired) electrons. The van der Waals surface area contributed by atoms with E-state index in [1.165, 1.54) is 19.2 Å². The molecular weight excluding hydrogens is 458 g/mol. The largest absolute Gasteiger partial charge is 0.508 e. The topological polar surface area (TPSA) is 120 Å². The summed E-state index contributed by atoms with van der Waals surface area (Å²) in [6.07, 6.45) is 3.87. The first-order chi connectivity index (χ1) is 17.4. The van der Waals surface area contributed by atoms with Crippen molar-refractivity contribution >= 4 is 17.6 Å². The Hall–Kier alpha value is -4.21. The summed E-state index contributed by atoms with van der Waals surface area (Å²) < 4.78 is 8.82. The number of aromatic hydroxyl groups is 1. The number of aryl methyl sites for hydroxylation is 1. The van der Waals surface area contributed by atoms with Crippen molar-refractivity contribution in [3.63, 3.8) is 0 Å². The third kappa shape index (κ3) is 4.53. The van der Waals surface area contributed by atoms with Crippen LogP contribution in [-0.4, -0.2) is 47.2 Å². The number of hydrogen-bond acceptors (Lipinski definition) is 8. The highest BCUT2D eigenvalue weighted by molar-refractivity contribution is 5.92. The van der Waals surface area contributed by atoms with Crippen molar-refractivity contribution in [2.75, 3.05) is 11.9 Å². The highest BCUT2D eigenvalue weighted by atomic mass is 16.5. The summed E-state index contributed by atoms with van der Waals surface area (Å²) in [6.45, 7) is 8.51. The molecule has 0 saturated heterocycles. The molecular formula is C26H29N7O3. The van der Waals surface area contributed by atoms with Gasteiger partial charge in [-0.2, -0.15) is 10.2 Å². The van der Waals surface area contributed by atoms with Crippen LogP contribution in [0.15, 0.2) is 36.7 Å². The lowest BCUT2D eigenvalue weighted by Gasteiger charge is -2.11. The first-order valence-electron chi connectivity index (χ1n) is 12.0. The molecule has 1 saturated carbocycles. The van der Waals surface area contributed by atoms with Crippen LogP contribution in [0, 0.1) is 26.7 Å². The van der Waals surface area contributed by atoms with Crippen molar-refractivity contribution in [2.24, 2.45) is 5.92 Å². The molecule has 2 N–H and O–H groups in total. The Labute approximate surface area is 209 Å². The lowest BCUT2D eigenvalue weighted by molar-refractivity contribution is 0.0524. The van der Waals surface area contributed by atoms with Crippen LogP contribution in [0.1, 0.15) is 47.1 Å². The maximum atomic E-state index is 12.4. The molecule has 5 rings (SSSR count). The third-order valence-corrected chi connectivity index (χ3v) is 6.35. The molecule has 186 valence electrons. The van der Waals surface area contributed by atoms with E-state index in [0.29, 0.717) is 41.1 Å². The van der Waals surface area contributed by atoms with E-state index < -0.39 is 5.97 Å².